The van der Waals surface area contributed by atoms with Gasteiger partial charge in [0.05, 0.1) is 0 Å². The van der Waals surface area contributed by atoms with E-state index in [1.807, 2.05) is 49.7 Å². The molecule has 0 unspecified atom stereocenters. The van der Waals surface area contributed by atoms with Crippen molar-refractivity contribution in [1.82, 2.24) is 14.8 Å². The molecule has 2 heterocycles. The van der Waals surface area contributed by atoms with E-state index < -0.39 is 11.4 Å². The average Bonchev–Trinajstić information content (AvgIpc) is 3.89. The lowest BCUT2D eigenvalue weighted by Crippen LogP contribution is -2.42. The van der Waals surface area contributed by atoms with Gasteiger partial charge in [0, 0.05) is 58.4 Å². The van der Waals surface area contributed by atoms with E-state index in [4.69, 9.17) is 4.74 Å². The summed E-state index contributed by atoms with van der Waals surface area (Å²) in [5.74, 6) is -0.149. The standard InChI is InChI=1S/C34H40FN3O4S/c1-20-27(16-23(17-29(20)35)31(39)36-24-8-9-24)22-7-10-26-28(15-22)30(19-38(32(26)40)18-21-5-6-21)43-25-11-13-37(14-12-25)33(41)42-34(2,3)4/h7,10,15-17,19,21,24-25H,5-6,8-9,11-14,18H2,1-4H3,(H,36,39). The fraction of sp³-hybridized carbons (Fsp3) is 0.500. The van der Waals surface area contributed by atoms with Gasteiger partial charge in [-0.3, -0.25) is 9.59 Å². The average molecular weight is 606 g/mol. The van der Waals surface area contributed by atoms with E-state index in [1.165, 1.54) is 6.07 Å². The molecule has 1 aliphatic heterocycles. The zero-order valence-electron chi connectivity index (χ0n) is 25.4. The second kappa shape index (κ2) is 11.6. The zero-order valence-corrected chi connectivity index (χ0v) is 26.2. The number of aromatic nitrogens is 1. The number of piperidine rings is 1. The molecule has 2 amide bonds. The number of nitrogens with zero attached hydrogens (tertiary/aromatic N) is 2. The van der Waals surface area contributed by atoms with Gasteiger partial charge in [-0.25, -0.2) is 9.18 Å². The molecule has 6 rings (SSSR count). The number of likely N-dealkylation sites (tertiary alicyclic amines) is 1. The predicted octanol–water partition coefficient (Wildman–Crippen LogP) is 6.91. The van der Waals surface area contributed by atoms with Crippen LogP contribution in [0.3, 0.4) is 0 Å². The van der Waals surface area contributed by atoms with Gasteiger partial charge in [-0.2, -0.15) is 0 Å². The van der Waals surface area contributed by atoms with Crippen molar-refractivity contribution in [2.45, 2.75) is 94.6 Å². The SMILES string of the molecule is Cc1c(F)cc(C(=O)NC2CC2)cc1-c1ccc2c(=O)n(CC3CC3)cc(SC3CCN(C(=O)OC(C)(C)C)CC3)c2c1. The van der Waals surface area contributed by atoms with Gasteiger partial charge in [0.15, 0.2) is 0 Å². The third-order valence-electron chi connectivity index (χ3n) is 8.42. The van der Waals surface area contributed by atoms with Crippen LogP contribution in [0.15, 0.2) is 46.2 Å². The summed E-state index contributed by atoms with van der Waals surface area (Å²) < 4.78 is 22.5. The van der Waals surface area contributed by atoms with Crippen LogP contribution in [-0.2, 0) is 11.3 Å². The maximum atomic E-state index is 15.1. The molecule has 1 aromatic heterocycles. The Balaban J connectivity index is 1.32. The van der Waals surface area contributed by atoms with Crippen LogP contribution in [0.25, 0.3) is 21.9 Å². The molecule has 43 heavy (non-hydrogen) atoms. The summed E-state index contributed by atoms with van der Waals surface area (Å²) in [4.78, 5) is 41.7. The van der Waals surface area contributed by atoms with Crippen molar-refractivity contribution in [3.8, 4) is 11.1 Å². The molecule has 3 fully saturated rings. The molecule has 2 aliphatic carbocycles. The molecule has 3 aromatic rings. The first-order valence-electron chi connectivity index (χ1n) is 15.4. The molecule has 1 N–H and O–H groups in total. The highest BCUT2D eigenvalue weighted by molar-refractivity contribution is 8.00. The molecule has 0 bridgehead atoms. The first kappa shape index (κ1) is 29.7. The Morgan fingerprint density at radius 3 is 2.40 bits per heavy atom. The molecular formula is C34H40FN3O4S. The Morgan fingerprint density at radius 2 is 1.74 bits per heavy atom. The Kier molecular flexibility index (Phi) is 8.05. The van der Waals surface area contributed by atoms with Gasteiger partial charge in [-0.1, -0.05) is 6.07 Å². The summed E-state index contributed by atoms with van der Waals surface area (Å²) in [6, 6.07) is 8.92. The summed E-state index contributed by atoms with van der Waals surface area (Å²) >= 11 is 1.75. The van der Waals surface area contributed by atoms with Crippen LogP contribution in [0.1, 0.15) is 75.2 Å². The Bertz CT molecular complexity index is 1630. The topological polar surface area (TPSA) is 80.6 Å². The van der Waals surface area contributed by atoms with Crippen LogP contribution < -0.4 is 10.9 Å². The highest BCUT2D eigenvalue weighted by Crippen LogP contribution is 2.38. The molecule has 0 radical (unpaired) electrons. The zero-order chi connectivity index (χ0) is 30.5. The number of pyridine rings is 1. The Morgan fingerprint density at radius 1 is 1.02 bits per heavy atom. The van der Waals surface area contributed by atoms with Crippen molar-refractivity contribution in [2.24, 2.45) is 5.92 Å². The van der Waals surface area contributed by atoms with E-state index in [-0.39, 0.29) is 28.9 Å². The Hall–Kier alpha value is -3.33. The van der Waals surface area contributed by atoms with Crippen LogP contribution in [0.5, 0.6) is 0 Å². The second-order valence-electron chi connectivity index (χ2n) is 13.3. The number of carbonyl (C=O) groups excluding carboxylic acids is 2. The lowest BCUT2D eigenvalue weighted by molar-refractivity contribution is 0.0219. The number of benzene rings is 2. The smallest absolute Gasteiger partial charge is 0.410 e. The maximum absolute atomic E-state index is 15.1. The molecule has 2 saturated carbocycles. The van der Waals surface area contributed by atoms with Crippen LogP contribution in [0.2, 0.25) is 0 Å². The van der Waals surface area contributed by atoms with E-state index in [2.05, 4.69) is 5.32 Å². The summed E-state index contributed by atoms with van der Waals surface area (Å²) in [7, 11) is 0. The van der Waals surface area contributed by atoms with E-state index in [0.29, 0.717) is 47.6 Å². The normalized spacial score (nSPS) is 17.7. The molecule has 1 saturated heterocycles. The quantitative estimate of drug-likeness (QED) is 0.317. The van der Waals surface area contributed by atoms with E-state index >= 15 is 4.39 Å². The molecule has 0 atom stereocenters. The summed E-state index contributed by atoms with van der Waals surface area (Å²) in [5.41, 5.74) is 1.64. The van der Waals surface area contributed by atoms with Gasteiger partial charge < -0.3 is 19.5 Å². The highest BCUT2D eigenvalue weighted by Gasteiger charge is 2.29. The lowest BCUT2D eigenvalue weighted by Gasteiger charge is -2.33. The van der Waals surface area contributed by atoms with Gasteiger partial charge >= 0.3 is 6.09 Å². The van der Waals surface area contributed by atoms with Gasteiger partial charge in [0.25, 0.3) is 11.5 Å². The van der Waals surface area contributed by atoms with Crippen molar-refractivity contribution in [1.29, 1.82) is 0 Å². The van der Waals surface area contributed by atoms with Crippen LogP contribution in [0.4, 0.5) is 9.18 Å². The third kappa shape index (κ3) is 6.92. The van der Waals surface area contributed by atoms with E-state index in [9.17, 15) is 14.4 Å². The molecule has 9 heteroatoms. The number of rotatable bonds is 7. The second-order valence-corrected chi connectivity index (χ2v) is 14.7. The molecule has 0 spiro atoms. The van der Waals surface area contributed by atoms with Gasteiger partial charge in [0.1, 0.15) is 11.4 Å². The fourth-order valence-electron chi connectivity index (χ4n) is 5.60. The number of fused-ring (bicyclic) bond motifs is 1. The first-order valence-corrected chi connectivity index (χ1v) is 16.3. The number of ether oxygens (including phenoxy) is 1. The van der Waals surface area contributed by atoms with Crippen molar-refractivity contribution in [2.75, 3.05) is 13.1 Å². The van der Waals surface area contributed by atoms with Crippen LogP contribution >= 0.6 is 11.8 Å². The van der Waals surface area contributed by atoms with E-state index in [1.54, 1.807) is 29.7 Å². The number of halogens is 1. The largest absolute Gasteiger partial charge is 0.444 e. The number of amides is 2. The lowest BCUT2D eigenvalue weighted by atomic mass is 9.95. The molecule has 7 nitrogen and oxygen atoms in total. The first-order chi connectivity index (χ1) is 20.4. The molecular weight excluding hydrogens is 565 g/mol. The summed E-state index contributed by atoms with van der Waals surface area (Å²) in [6.45, 7) is 9.29. The molecule has 228 valence electrons. The Labute approximate surface area is 256 Å². The number of hydrogen-bond donors (Lipinski definition) is 1. The van der Waals surface area contributed by atoms with Crippen molar-refractivity contribution >= 4 is 34.5 Å². The predicted molar refractivity (Wildman–Crippen MR) is 168 cm³/mol. The summed E-state index contributed by atoms with van der Waals surface area (Å²) in [5, 5.41) is 4.69. The minimum Gasteiger partial charge on any atom is -0.444 e. The number of hydrogen-bond acceptors (Lipinski definition) is 5. The van der Waals surface area contributed by atoms with Crippen molar-refractivity contribution in [3.63, 3.8) is 0 Å². The number of nitrogens with one attached hydrogen (secondary N) is 1. The van der Waals surface area contributed by atoms with Crippen molar-refractivity contribution in [3.05, 3.63) is 63.8 Å². The van der Waals surface area contributed by atoms with E-state index in [0.717, 1.165) is 54.4 Å². The summed E-state index contributed by atoms with van der Waals surface area (Å²) in [6.07, 6.45) is 7.54. The maximum Gasteiger partial charge on any atom is 0.410 e. The van der Waals surface area contributed by atoms with Gasteiger partial charge in [0.2, 0.25) is 0 Å². The molecule has 3 aliphatic rings. The minimum atomic E-state index is -0.531. The van der Waals surface area contributed by atoms with Crippen LogP contribution in [0, 0.1) is 18.7 Å². The monoisotopic (exact) mass is 605 g/mol. The minimum absolute atomic E-state index is 0.0157. The number of thioether (sulfide) groups is 1. The van der Waals surface area contributed by atoms with Gasteiger partial charge in [-0.05, 0) is 113 Å². The molecule has 2 aromatic carbocycles. The third-order valence-corrected chi connectivity index (χ3v) is 9.80. The fourth-order valence-corrected chi connectivity index (χ4v) is 6.89. The highest BCUT2D eigenvalue weighted by atomic mass is 32.2. The number of carbonyl (C=O) groups is 2. The van der Waals surface area contributed by atoms with Gasteiger partial charge in [-0.15, -0.1) is 11.8 Å². The van der Waals surface area contributed by atoms with Crippen LogP contribution in [-0.4, -0.2) is 51.4 Å². The van der Waals surface area contributed by atoms with Crippen molar-refractivity contribution < 1.29 is 18.7 Å².